The molecule has 0 aromatic carbocycles. The maximum atomic E-state index is 13.4. The predicted octanol–water partition coefficient (Wildman–Crippen LogP) is 2.05. The summed E-state index contributed by atoms with van der Waals surface area (Å²) < 4.78 is 32.3. The zero-order valence-electron chi connectivity index (χ0n) is 10.9. The van der Waals surface area contributed by atoms with Crippen LogP contribution >= 0.6 is 0 Å². The first-order valence-electron chi connectivity index (χ1n) is 6.14. The molecule has 104 valence electrons. The van der Waals surface area contributed by atoms with Crippen LogP contribution in [0.15, 0.2) is 12.3 Å². The van der Waals surface area contributed by atoms with Crippen molar-refractivity contribution < 1.29 is 18.3 Å². The van der Waals surface area contributed by atoms with Crippen LogP contribution in [-0.2, 0) is 4.74 Å². The third-order valence-corrected chi connectivity index (χ3v) is 3.11. The Kier molecular flexibility index (Phi) is 3.80. The monoisotopic (exact) mass is 270 g/mol. The molecule has 0 saturated carbocycles. The van der Waals surface area contributed by atoms with Crippen molar-refractivity contribution in [2.24, 2.45) is 0 Å². The lowest BCUT2D eigenvalue weighted by atomic mass is 9.94. The molecule has 1 aromatic rings. The highest BCUT2D eigenvalue weighted by atomic mass is 19.1. The van der Waals surface area contributed by atoms with Crippen LogP contribution in [-0.4, -0.2) is 29.1 Å². The summed E-state index contributed by atoms with van der Waals surface area (Å²) in [5, 5.41) is 2.63. The summed E-state index contributed by atoms with van der Waals surface area (Å²) in [6, 6.07) is 0.807. The number of hydrogen-bond acceptors (Lipinski definition) is 3. The molecule has 1 fully saturated rings. The summed E-state index contributed by atoms with van der Waals surface area (Å²) in [6.07, 6.45) is 2.21. The van der Waals surface area contributed by atoms with Crippen LogP contribution in [0, 0.1) is 11.8 Å². The van der Waals surface area contributed by atoms with E-state index in [-0.39, 0.29) is 11.6 Å². The van der Waals surface area contributed by atoms with Crippen LogP contribution in [0.3, 0.4) is 0 Å². The van der Waals surface area contributed by atoms with E-state index in [2.05, 4.69) is 10.3 Å². The standard InChI is InChI=1S/C13H16F2N2O2/c1-13(2)7-8(4-6-19-13)17-12(18)10-9(14)3-5-16-11(10)15/h3,5,8H,4,6-7H2,1-2H3,(H,17,18)/t8-/m1/s1. The Morgan fingerprint density at radius 2 is 2.26 bits per heavy atom. The number of nitrogens with zero attached hydrogens (tertiary/aromatic N) is 1. The highest BCUT2D eigenvalue weighted by Gasteiger charge is 2.31. The van der Waals surface area contributed by atoms with E-state index in [0.29, 0.717) is 19.4 Å². The van der Waals surface area contributed by atoms with Gasteiger partial charge in [-0.2, -0.15) is 4.39 Å². The van der Waals surface area contributed by atoms with Crippen LogP contribution in [0.2, 0.25) is 0 Å². The van der Waals surface area contributed by atoms with Gasteiger partial charge in [-0.25, -0.2) is 9.37 Å². The topological polar surface area (TPSA) is 51.2 Å². The van der Waals surface area contributed by atoms with E-state index < -0.39 is 23.2 Å². The molecular weight excluding hydrogens is 254 g/mol. The molecule has 0 spiro atoms. The summed E-state index contributed by atoms with van der Waals surface area (Å²) in [5.74, 6) is -2.77. The van der Waals surface area contributed by atoms with Crippen LogP contribution in [0.1, 0.15) is 37.0 Å². The fraction of sp³-hybridized carbons (Fsp3) is 0.538. The maximum absolute atomic E-state index is 13.4. The Morgan fingerprint density at radius 1 is 1.53 bits per heavy atom. The van der Waals surface area contributed by atoms with Crippen molar-refractivity contribution in [3.05, 3.63) is 29.6 Å². The fourth-order valence-corrected chi connectivity index (χ4v) is 2.23. The molecule has 1 aliphatic rings. The average Bonchev–Trinajstić information content (AvgIpc) is 2.27. The molecule has 1 aliphatic heterocycles. The van der Waals surface area contributed by atoms with Gasteiger partial charge >= 0.3 is 0 Å². The number of ether oxygens (including phenoxy) is 1. The molecule has 0 bridgehead atoms. The van der Waals surface area contributed by atoms with Gasteiger partial charge in [-0.1, -0.05) is 0 Å². The highest BCUT2D eigenvalue weighted by Crippen LogP contribution is 2.24. The summed E-state index contributed by atoms with van der Waals surface area (Å²) in [7, 11) is 0. The third-order valence-electron chi connectivity index (χ3n) is 3.11. The van der Waals surface area contributed by atoms with Crippen molar-refractivity contribution in [3.8, 4) is 0 Å². The Balaban J connectivity index is 2.09. The van der Waals surface area contributed by atoms with E-state index in [1.165, 1.54) is 0 Å². The molecule has 0 radical (unpaired) electrons. The van der Waals surface area contributed by atoms with Gasteiger partial charge in [0.05, 0.1) is 5.60 Å². The molecule has 6 heteroatoms. The molecule has 1 atom stereocenters. The van der Waals surface area contributed by atoms with E-state index in [0.717, 1.165) is 12.3 Å². The lowest BCUT2D eigenvalue weighted by Crippen LogP contribution is -2.46. The largest absolute Gasteiger partial charge is 0.375 e. The number of aromatic nitrogens is 1. The average molecular weight is 270 g/mol. The van der Waals surface area contributed by atoms with Gasteiger partial charge in [0.1, 0.15) is 11.4 Å². The summed E-state index contributed by atoms with van der Waals surface area (Å²) in [4.78, 5) is 15.2. The Hall–Kier alpha value is -1.56. The molecule has 1 N–H and O–H groups in total. The summed E-state index contributed by atoms with van der Waals surface area (Å²) >= 11 is 0. The smallest absolute Gasteiger partial charge is 0.259 e. The highest BCUT2D eigenvalue weighted by molar-refractivity contribution is 5.94. The van der Waals surface area contributed by atoms with Crippen molar-refractivity contribution in [2.45, 2.75) is 38.3 Å². The number of pyridine rings is 1. The van der Waals surface area contributed by atoms with Gasteiger partial charge in [0.15, 0.2) is 0 Å². The second kappa shape index (κ2) is 5.21. The first kappa shape index (κ1) is 13.9. The Bertz CT molecular complexity index is 471. The minimum Gasteiger partial charge on any atom is -0.375 e. The molecular formula is C13H16F2N2O2. The predicted molar refractivity (Wildman–Crippen MR) is 64.7 cm³/mol. The summed E-state index contributed by atoms with van der Waals surface area (Å²) in [5.41, 5.74) is -0.978. The van der Waals surface area contributed by atoms with Crippen molar-refractivity contribution in [1.82, 2.24) is 10.3 Å². The Labute approximate surface area is 110 Å². The van der Waals surface area contributed by atoms with Crippen molar-refractivity contribution >= 4 is 5.91 Å². The maximum Gasteiger partial charge on any atom is 0.259 e. The molecule has 1 aromatic heterocycles. The SMILES string of the molecule is CC1(C)C[C@H](NC(=O)c2c(F)ccnc2F)CCO1. The zero-order valence-corrected chi connectivity index (χ0v) is 10.9. The number of amides is 1. The lowest BCUT2D eigenvalue weighted by Gasteiger charge is -2.35. The molecule has 1 amide bonds. The Morgan fingerprint density at radius 3 is 2.89 bits per heavy atom. The summed E-state index contributed by atoms with van der Waals surface area (Å²) in [6.45, 7) is 4.34. The lowest BCUT2D eigenvalue weighted by molar-refractivity contribution is -0.0615. The van der Waals surface area contributed by atoms with Crippen LogP contribution in [0.4, 0.5) is 8.78 Å². The van der Waals surface area contributed by atoms with Crippen LogP contribution in [0.5, 0.6) is 0 Å². The van der Waals surface area contributed by atoms with Gasteiger partial charge in [0.2, 0.25) is 5.95 Å². The molecule has 4 nitrogen and oxygen atoms in total. The number of rotatable bonds is 2. The van der Waals surface area contributed by atoms with E-state index in [1.54, 1.807) is 0 Å². The first-order valence-corrected chi connectivity index (χ1v) is 6.14. The number of nitrogens with one attached hydrogen (secondary N) is 1. The quantitative estimate of drug-likeness (QED) is 0.837. The van der Waals surface area contributed by atoms with Gasteiger partial charge in [-0.15, -0.1) is 0 Å². The minimum atomic E-state index is -1.09. The molecule has 19 heavy (non-hydrogen) atoms. The zero-order chi connectivity index (χ0) is 14.0. The van der Waals surface area contributed by atoms with Crippen LogP contribution in [0.25, 0.3) is 0 Å². The van der Waals surface area contributed by atoms with Gasteiger partial charge in [0.25, 0.3) is 5.91 Å². The molecule has 2 heterocycles. The van der Waals surface area contributed by atoms with Crippen molar-refractivity contribution in [2.75, 3.05) is 6.61 Å². The van der Waals surface area contributed by atoms with E-state index in [4.69, 9.17) is 4.74 Å². The van der Waals surface area contributed by atoms with Gasteiger partial charge in [-0.3, -0.25) is 4.79 Å². The number of hydrogen-bond donors (Lipinski definition) is 1. The molecule has 1 saturated heterocycles. The first-order chi connectivity index (χ1) is 8.89. The fourth-order valence-electron chi connectivity index (χ4n) is 2.23. The van der Waals surface area contributed by atoms with Gasteiger partial charge in [-0.05, 0) is 32.8 Å². The van der Waals surface area contributed by atoms with Gasteiger partial charge in [0, 0.05) is 18.8 Å². The number of halogens is 2. The second-order valence-corrected chi connectivity index (χ2v) is 5.23. The van der Waals surface area contributed by atoms with Crippen LogP contribution < -0.4 is 5.32 Å². The normalized spacial score (nSPS) is 22.0. The van der Waals surface area contributed by atoms with Gasteiger partial charge < -0.3 is 10.1 Å². The molecule has 0 unspecified atom stereocenters. The second-order valence-electron chi connectivity index (χ2n) is 5.23. The number of carbonyl (C=O) groups excluding carboxylic acids is 1. The third kappa shape index (κ3) is 3.26. The van der Waals surface area contributed by atoms with Crippen molar-refractivity contribution in [3.63, 3.8) is 0 Å². The van der Waals surface area contributed by atoms with Crippen molar-refractivity contribution in [1.29, 1.82) is 0 Å². The van der Waals surface area contributed by atoms with E-state index >= 15 is 0 Å². The van der Waals surface area contributed by atoms with E-state index in [9.17, 15) is 13.6 Å². The number of carbonyl (C=O) groups is 1. The van der Waals surface area contributed by atoms with E-state index in [1.807, 2.05) is 13.8 Å². The molecule has 0 aliphatic carbocycles. The molecule has 2 rings (SSSR count). The minimum absolute atomic E-state index is 0.157.